The summed E-state index contributed by atoms with van der Waals surface area (Å²) in [6.45, 7) is 13.2. The maximum atomic E-state index is 12.8. The Balaban J connectivity index is 2.18. The number of fused-ring (bicyclic) bond motifs is 1. The second-order valence-corrected chi connectivity index (χ2v) is 8.06. The van der Waals surface area contributed by atoms with E-state index >= 15 is 0 Å². The smallest absolute Gasteiger partial charge is 0.228 e. The molecule has 0 bridgehead atoms. The van der Waals surface area contributed by atoms with E-state index in [9.17, 15) is 4.79 Å². The Labute approximate surface area is 137 Å². The first kappa shape index (κ1) is 15.9. The zero-order valence-corrected chi connectivity index (χ0v) is 14.7. The lowest BCUT2D eigenvalue weighted by molar-refractivity contribution is 0.101. The summed E-state index contributed by atoms with van der Waals surface area (Å²) < 4.78 is 11.5. The van der Waals surface area contributed by atoms with Crippen LogP contribution in [0.4, 0.5) is 0 Å². The number of furan rings is 1. The predicted octanol–water partition coefficient (Wildman–Crippen LogP) is 4.79. The SMILES string of the molecule is Cc1ccc(C(=O)c2cc(C(C)(C)C)c3c(c2)C(C)(C)CO3)o1. The highest BCUT2D eigenvalue weighted by Crippen LogP contribution is 2.45. The van der Waals surface area contributed by atoms with E-state index in [0.29, 0.717) is 17.9 Å². The van der Waals surface area contributed by atoms with Gasteiger partial charge >= 0.3 is 0 Å². The summed E-state index contributed by atoms with van der Waals surface area (Å²) in [6.07, 6.45) is 0. The van der Waals surface area contributed by atoms with Crippen molar-refractivity contribution >= 4 is 5.78 Å². The normalized spacial score (nSPS) is 16.1. The fraction of sp³-hybridized carbons (Fsp3) is 0.450. The van der Waals surface area contributed by atoms with E-state index in [1.165, 1.54) is 0 Å². The Morgan fingerprint density at radius 3 is 2.43 bits per heavy atom. The summed E-state index contributed by atoms with van der Waals surface area (Å²) in [5.74, 6) is 2.00. The minimum absolute atomic E-state index is 0.0749. The summed E-state index contributed by atoms with van der Waals surface area (Å²) in [7, 11) is 0. The van der Waals surface area contributed by atoms with Gasteiger partial charge in [0.05, 0.1) is 6.61 Å². The van der Waals surface area contributed by atoms with E-state index in [1.807, 2.05) is 25.1 Å². The van der Waals surface area contributed by atoms with Gasteiger partial charge < -0.3 is 9.15 Å². The molecule has 3 nitrogen and oxygen atoms in total. The van der Waals surface area contributed by atoms with Crippen molar-refractivity contribution in [3.8, 4) is 5.75 Å². The average molecular weight is 312 g/mol. The molecule has 1 aromatic heterocycles. The highest BCUT2D eigenvalue weighted by Gasteiger charge is 2.37. The third-order valence-corrected chi connectivity index (χ3v) is 4.43. The first-order valence-electron chi connectivity index (χ1n) is 8.02. The van der Waals surface area contributed by atoms with Gasteiger partial charge in [-0.05, 0) is 36.6 Å². The second-order valence-electron chi connectivity index (χ2n) is 8.06. The van der Waals surface area contributed by atoms with Crippen molar-refractivity contribution in [1.29, 1.82) is 0 Å². The molecule has 0 saturated heterocycles. The van der Waals surface area contributed by atoms with Crippen LogP contribution in [0.15, 0.2) is 28.7 Å². The molecule has 3 rings (SSSR count). The van der Waals surface area contributed by atoms with Gasteiger partial charge in [0.25, 0.3) is 0 Å². The molecule has 1 aliphatic heterocycles. The minimum atomic E-state index is -0.0973. The van der Waals surface area contributed by atoms with Crippen LogP contribution in [0.2, 0.25) is 0 Å². The van der Waals surface area contributed by atoms with Crippen LogP contribution in [-0.4, -0.2) is 12.4 Å². The molecule has 1 aliphatic rings. The van der Waals surface area contributed by atoms with Gasteiger partial charge in [0, 0.05) is 22.1 Å². The predicted molar refractivity (Wildman–Crippen MR) is 90.5 cm³/mol. The van der Waals surface area contributed by atoms with Gasteiger partial charge in [0.2, 0.25) is 5.78 Å². The number of hydrogen-bond donors (Lipinski definition) is 0. The van der Waals surface area contributed by atoms with Gasteiger partial charge in [0.15, 0.2) is 5.76 Å². The van der Waals surface area contributed by atoms with Crippen molar-refractivity contribution in [2.75, 3.05) is 6.61 Å². The Hall–Kier alpha value is -2.03. The largest absolute Gasteiger partial charge is 0.492 e. The van der Waals surface area contributed by atoms with Crippen LogP contribution in [0.5, 0.6) is 5.75 Å². The monoisotopic (exact) mass is 312 g/mol. The molecule has 2 heterocycles. The molecule has 0 atom stereocenters. The van der Waals surface area contributed by atoms with Gasteiger partial charge in [-0.15, -0.1) is 0 Å². The second kappa shape index (κ2) is 4.98. The molecule has 0 spiro atoms. The molecular formula is C20H24O3. The van der Waals surface area contributed by atoms with Gasteiger partial charge in [0.1, 0.15) is 11.5 Å². The molecule has 0 unspecified atom stereocenters. The third kappa shape index (κ3) is 2.69. The first-order chi connectivity index (χ1) is 10.6. The maximum Gasteiger partial charge on any atom is 0.228 e. The Morgan fingerprint density at radius 1 is 1.17 bits per heavy atom. The van der Waals surface area contributed by atoms with E-state index in [0.717, 1.165) is 22.6 Å². The van der Waals surface area contributed by atoms with E-state index < -0.39 is 0 Å². The first-order valence-corrected chi connectivity index (χ1v) is 8.02. The Morgan fingerprint density at radius 2 is 1.87 bits per heavy atom. The maximum absolute atomic E-state index is 12.8. The number of rotatable bonds is 2. The van der Waals surface area contributed by atoms with Crippen LogP contribution < -0.4 is 4.74 Å². The molecule has 0 radical (unpaired) electrons. The molecule has 0 aliphatic carbocycles. The van der Waals surface area contributed by atoms with Crippen LogP contribution in [0.3, 0.4) is 0 Å². The lowest BCUT2D eigenvalue weighted by atomic mass is 9.79. The third-order valence-electron chi connectivity index (χ3n) is 4.43. The average Bonchev–Trinajstić information content (AvgIpc) is 3.00. The van der Waals surface area contributed by atoms with Gasteiger partial charge in [-0.25, -0.2) is 0 Å². The molecule has 23 heavy (non-hydrogen) atoms. The van der Waals surface area contributed by atoms with Crippen LogP contribution in [0.25, 0.3) is 0 Å². The van der Waals surface area contributed by atoms with Crippen LogP contribution >= 0.6 is 0 Å². The van der Waals surface area contributed by atoms with Crippen molar-refractivity contribution in [2.24, 2.45) is 0 Å². The standard InChI is InChI=1S/C20H24O3/c1-12-7-8-16(23-12)17(21)13-9-14(19(2,3)4)18-15(10-13)20(5,6)11-22-18/h7-10H,11H2,1-6H3. The molecular weight excluding hydrogens is 288 g/mol. The molecule has 3 heteroatoms. The van der Waals surface area contributed by atoms with Crippen molar-refractivity contribution in [3.05, 3.63) is 52.5 Å². The zero-order valence-electron chi connectivity index (χ0n) is 14.7. The van der Waals surface area contributed by atoms with Gasteiger partial charge in [-0.1, -0.05) is 34.6 Å². The molecule has 0 saturated carbocycles. The summed E-state index contributed by atoms with van der Waals surface area (Å²) in [4.78, 5) is 12.8. The molecule has 0 fully saturated rings. The summed E-state index contributed by atoms with van der Waals surface area (Å²) >= 11 is 0. The van der Waals surface area contributed by atoms with Crippen LogP contribution in [0, 0.1) is 6.92 Å². The van der Waals surface area contributed by atoms with Crippen molar-refractivity contribution in [2.45, 2.75) is 52.4 Å². The van der Waals surface area contributed by atoms with Crippen molar-refractivity contribution < 1.29 is 13.9 Å². The topological polar surface area (TPSA) is 39.4 Å². The number of ketones is 1. The van der Waals surface area contributed by atoms with Crippen LogP contribution in [-0.2, 0) is 10.8 Å². The number of hydrogen-bond acceptors (Lipinski definition) is 3. The summed E-state index contributed by atoms with van der Waals surface area (Å²) in [5, 5.41) is 0. The number of benzene rings is 1. The van der Waals surface area contributed by atoms with E-state index in [4.69, 9.17) is 9.15 Å². The molecule has 0 amide bonds. The van der Waals surface area contributed by atoms with Gasteiger partial charge in [-0.3, -0.25) is 4.79 Å². The van der Waals surface area contributed by atoms with E-state index in [1.54, 1.807) is 6.07 Å². The number of carbonyl (C=O) groups excluding carboxylic acids is 1. The van der Waals surface area contributed by atoms with Crippen molar-refractivity contribution in [1.82, 2.24) is 0 Å². The lowest BCUT2D eigenvalue weighted by Gasteiger charge is -2.23. The fourth-order valence-corrected chi connectivity index (χ4v) is 3.00. The molecule has 1 aromatic carbocycles. The van der Waals surface area contributed by atoms with Gasteiger partial charge in [-0.2, -0.15) is 0 Å². The lowest BCUT2D eigenvalue weighted by Crippen LogP contribution is -2.19. The van der Waals surface area contributed by atoms with Crippen LogP contribution in [0.1, 0.15) is 67.6 Å². The summed E-state index contributed by atoms with van der Waals surface area (Å²) in [6, 6.07) is 7.49. The number of carbonyl (C=O) groups is 1. The number of aryl methyl sites for hydroxylation is 1. The molecule has 2 aromatic rings. The van der Waals surface area contributed by atoms with E-state index in [2.05, 4.69) is 34.6 Å². The highest BCUT2D eigenvalue weighted by molar-refractivity contribution is 6.07. The van der Waals surface area contributed by atoms with E-state index in [-0.39, 0.29) is 16.6 Å². The quantitative estimate of drug-likeness (QED) is 0.749. The minimum Gasteiger partial charge on any atom is -0.492 e. The highest BCUT2D eigenvalue weighted by atomic mass is 16.5. The zero-order chi connectivity index (χ0) is 17.0. The Bertz CT molecular complexity index is 773. The molecule has 122 valence electrons. The number of ether oxygens (including phenoxy) is 1. The Kier molecular flexibility index (Phi) is 3.44. The fourth-order valence-electron chi connectivity index (χ4n) is 3.00. The molecule has 0 N–H and O–H groups in total. The summed E-state index contributed by atoms with van der Waals surface area (Å²) in [5.41, 5.74) is 2.66. The van der Waals surface area contributed by atoms with Crippen molar-refractivity contribution in [3.63, 3.8) is 0 Å².